The van der Waals surface area contributed by atoms with Crippen molar-refractivity contribution in [2.24, 2.45) is 0 Å². The molecule has 1 aliphatic rings. The molecule has 150 valence electrons. The number of hydrogen-bond acceptors (Lipinski definition) is 6. The molecule has 9 nitrogen and oxygen atoms in total. The average molecular weight is 399 g/mol. The third-order valence-electron chi connectivity index (χ3n) is 4.37. The minimum Gasteiger partial charge on any atom is -0.450 e. The van der Waals surface area contributed by atoms with Gasteiger partial charge in [-0.25, -0.2) is 13.2 Å². The van der Waals surface area contributed by atoms with Gasteiger partial charge < -0.3 is 15.0 Å². The summed E-state index contributed by atoms with van der Waals surface area (Å²) >= 11 is 0. The van der Waals surface area contributed by atoms with Crippen molar-refractivity contribution in [3.05, 3.63) is 29.8 Å². The minimum absolute atomic E-state index is 0.0335. The summed E-state index contributed by atoms with van der Waals surface area (Å²) in [5.41, 5.74) is 0.363. The van der Waals surface area contributed by atoms with Gasteiger partial charge in [-0.05, 0) is 44.0 Å². The summed E-state index contributed by atoms with van der Waals surface area (Å²) in [5.74, 6) is -0.284. The number of carbonyl (C=O) groups is 2. The molecule has 1 saturated heterocycles. The molecule has 1 heterocycles. The fourth-order valence-electron chi connectivity index (χ4n) is 2.71. The number of benzene rings is 1. The smallest absolute Gasteiger partial charge is 0.409 e. The van der Waals surface area contributed by atoms with E-state index < -0.39 is 10.0 Å². The van der Waals surface area contributed by atoms with E-state index in [1.54, 1.807) is 11.8 Å². The van der Waals surface area contributed by atoms with Crippen molar-refractivity contribution >= 4 is 22.0 Å². The molecule has 0 aliphatic carbocycles. The van der Waals surface area contributed by atoms with E-state index >= 15 is 0 Å². The van der Waals surface area contributed by atoms with Gasteiger partial charge in [-0.15, -0.1) is 0 Å². The molecule has 0 atom stereocenters. The summed E-state index contributed by atoms with van der Waals surface area (Å²) in [4.78, 5) is 30.4. The zero-order valence-corrected chi connectivity index (χ0v) is 16.5. The largest absolute Gasteiger partial charge is 0.450 e. The Morgan fingerprint density at radius 1 is 1.22 bits per heavy atom. The quantitative estimate of drug-likeness (QED) is 0.721. The lowest BCUT2D eigenvalue weighted by Crippen LogP contribution is -2.46. The van der Waals surface area contributed by atoms with Crippen LogP contribution in [0.5, 0.6) is 0 Å². The Hall–Kier alpha value is -2.17. The van der Waals surface area contributed by atoms with E-state index in [4.69, 9.17) is 9.57 Å². The molecule has 0 spiro atoms. The van der Waals surface area contributed by atoms with Crippen LogP contribution in [0.3, 0.4) is 0 Å². The number of rotatable bonds is 6. The van der Waals surface area contributed by atoms with Gasteiger partial charge in [0.05, 0.1) is 18.6 Å². The number of hydrogen-bond donors (Lipinski definition) is 1. The van der Waals surface area contributed by atoms with Crippen molar-refractivity contribution < 1.29 is 27.6 Å². The number of sulfonamides is 1. The maximum absolute atomic E-state index is 12.4. The maximum atomic E-state index is 12.4. The molecule has 1 fully saturated rings. The van der Waals surface area contributed by atoms with Crippen LogP contribution in [0.15, 0.2) is 29.2 Å². The lowest BCUT2D eigenvalue weighted by Gasteiger charge is -2.31. The van der Waals surface area contributed by atoms with E-state index in [0.717, 1.165) is 4.47 Å². The fraction of sp³-hybridized carbons (Fsp3) is 0.529. The molecular weight excluding hydrogens is 374 g/mol. The number of carbonyl (C=O) groups excluding carboxylic acids is 2. The van der Waals surface area contributed by atoms with Crippen LogP contribution in [0.4, 0.5) is 4.79 Å². The molecule has 1 aromatic rings. The molecule has 1 N–H and O–H groups in total. The van der Waals surface area contributed by atoms with Crippen molar-refractivity contribution in [3.63, 3.8) is 0 Å². The summed E-state index contributed by atoms with van der Waals surface area (Å²) in [6.45, 7) is 3.13. The molecule has 0 saturated carbocycles. The number of hydroxylamine groups is 1. The number of piperidine rings is 1. The molecule has 1 aromatic carbocycles. The molecule has 2 rings (SSSR count). The Kier molecular flexibility index (Phi) is 7.17. The Morgan fingerprint density at radius 3 is 2.33 bits per heavy atom. The minimum atomic E-state index is -3.75. The second-order valence-corrected chi connectivity index (χ2v) is 7.99. The third kappa shape index (κ3) is 5.18. The Bertz CT molecular complexity index is 757. The highest BCUT2D eigenvalue weighted by Crippen LogP contribution is 2.16. The highest BCUT2D eigenvalue weighted by molar-refractivity contribution is 7.89. The second-order valence-electron chi connectivity index (χ2n) is 6.06. The number of ether oxygens (including phenoxy) is 1. The van der Waals surface area contributed by atoms with E-state index in [2.05, 4.69) is 5.32 Å². The molecule has 0 bridgehead atoms. The Morgan fingerprint density at radius 2 is 1.81 bits per heavy atom. The van der Waals surface area contributed by atoms with Gasteiger partial charge in [0.2, 0.25) is 0 Å². The van der Waals surface area contributed by atoms with Crippen LogP contribution in [0.2, 0.25) is 0 Å². The Labute approximate surface area is 159 Å². The topological polar surface area (TPSA) is 105 Å². The molecule has 0 radical (unpaired) electrons. The van der Waals surface area contributed by atoms with Crippen LogP contribution in [0, 0.1) is 0 Å². The van der Waals surface area contributed by atoms with Crippen molar-refractivity contribution in [2.75, 3.05) is 33.9 Å². The standard InChI is InChI=1S/C17H25N3O6S/c1-4-26-17(22)20-11-9-14(10-12-20)18-16(21)13-5-7-15(8-6-13)27(23,24)19(2)25-3/h5-8,14H,4,9-12H2,1-3H3,(H,18,21). The van der Waals surface area contributed by atoms with Crippen LogP contribution in [0.1, 0.15) is 30.1 Å². The molecule has 0 aromatic heterocycles. The predicted octanol–water partition coefficient (Wildman–Crippen LogP) is 1.22. The number of likely N-dealkylation sites (tertiary alicyclic amines) is 1. The molecule has 2 amide bonds. The van der Waals surface area contributed by atoms with E-state index in [-0.39, 0.29) is 22.9 Å². The van der Waals surface area contributed by atoms with Crippen LogP contribution in [-0.2, 0) is 19.6 Å². The van der Waals surface area contributed by atoms with E-state index in [0.29, 0.717) is 38.1 Å². The summed E-state index contributed by atoms with van der Waals surface area (Å²) in [6, 6.07) is 5.59. The van der Waals surface area contributed by atoms with Crippen LogP contribution < -0.4 is 5.32 Å². The summed E-state index contributed by atoms with van der Waals surface area (Å²) in [5, 5.41) is 2.92. The first-order chi connectivity index (χ1) is 12.8. The predicted molar refractivity (Wildman–Crippen MR) is 97.5 cm³/mol. The van der Waals surface area contributed by atoms with E-state index in [1.807, 2.05) is 0 Å². The van der Waals surface area contributed by atoms with Crippen molar-refractivity contribution in [3.8, 4) is 0 Å². The van der Waals surface area contributed by atoms with Gasteiger partial charge in [0.25, 0.3) is 15.9 Å². The zero-order chi connectivity index (χ0) is 20.0. The van der Waals surface area contributed by atoms with Gasteiger partial charge in [-0.3, -0.25) is 9.63 Å². The normalized spacial score (nSPS) is 15.6. The average Bonchev–Trinajstić information content (AvgIpc) is 2.68. The van der Waals surface area contributed by atoms with E-state index in [9.17, 15) is 18.0 Å². The summed E-state index contributed by atoms with van der Waals surface area (Å²) < 4.78 is 30.0. The summed E-state index contributed by atoms with van der Waals surface area (Å²) in [6.07, 6.45) is 0.936. The first-order valence-corrected chi connectivity index (χ1v) is 10.1. The van der Waals surface area contributed by atoms with Gasteiger partial charge >= 0.3 is 6.09 Å². The monoisotopic (exact) mass is 399 g/mol. The third-order valence-corrected chi connectivity index (χ3v) is 6.06. The molecule has 0 unspecified atom stereocenters. The van der Waals surface area contributed by atoms with Crippen LogP contribution in [-0.4, -0.2) is 69.7 Å². The fourth-order valence-corrected chi connectivity index (χ4v) is 3.69. The molecule has 10 heteroatoms. The van der Waals surface area contributed by atoms with Gasteiger partial charge in [0.1, 0.15) is 0 Å². The lowest BCUT2D eigenvalue weighted by molar-refractivity contribution is -0.0258. The van der Waals surface area contributed by atoms with E-state index in [1.165, 1.54) is 38.4 Å². The van der Waals surface area contributed by atoms with Gasteiger partial charge in [-0.2, -0.15) is 0 Å². The Balaban J connectivity index is 1.93. The number of amides is 2. The van der Waals surface area contributed by atoms with Gasteiger partial charge in [-0.1, -0.05) is 4.47 Å². The van der Waals surface area contributed by atoms with Gasteiger partial charge in [0.15, 0.2) is 0 Å². The SMILES string of the molecule is CCOC(=O)N1CCC(NC(=O)c2ccc(S(=O)(=O)N(C)OC)cc2)CC1. The highest BCUT2D eigenvalue weighted by Gasteiger charge is 2.25. The number of nitrogens with zero attached hydrogens (tertiary/aromatic N) is 2. The summed E-state index contributed by atoms with van der Waals surface area (Å²) in [7, 11) is -1.20. The lowest BCUT2D eigenvalue weighted by atomic mass is 10.0. The highest BCUT2D eigenvalue weighted by atomic mass is 32.2. The van der Waals surface area contributed by atoms with Gasteiger partial charge in [0, 0.05) is 31.7 Å². The van der Waals surface area contributed by atoms with Crippen LogP contribution in [0.25, 0.3) is 0 Å². The van der Waals surface area contributed by atoms with Crippen molar-refractivity contribution in [2.45, 2.75) is 30.7 Å². The molecular formula is C17H25N3O6S. The second kappa shape index (κ2) is 9.16. The maximum Gasteiger partial charge on any atom is 0.409 e. The molecule has 27 heavy (non-hydrogen) atoms. The zero-order valence-electron chi connectivity index (χ0n) is 15.7. The van der Waals surface area contributed by atoms with Crippen molar-refractivity contribution in [1.82, 2.24) is 14.7 Å². The first kappa shape index (κ1) is 21.1. The first-order valence-electron chi connectivity index (χ1n) is 8.65. The number of nitrogens with one attached hydrogen (secondary N) is 1. The molecule has 1 aliphatic heterocycles. The van der Waals surface area contributed by atoms with Crippen LogP contribution >= 0.6 is 0 Å². The van der Waals surface area contributed by atoms with Crippen molar-refractivity contribution in [1.29, 1.82) is 0 Å².